The van der Waals surface area contributed by atoms with E-state index in [1.54, 1.807) is 0 Å². The fourth-order valence-corrected chi connectivity index (χ4v) is 1.43. The fraction of sp³-hybridized carbons (Fsp3) is 0.417. The first-order chi connectivity index (χ1) is 7.26. The van der Waals surface area contributed by atoms with Crippen molar-refractivity contribution in [3.8, 4) is 0 Å². The zero-order valence-corrected chi connectivity index (χ0v) is 8.90. The van der Waals surface area contributed by atoms with Gasteiger partial charge in [-0.15, -0.1) is 4.91 Å². The zero-order valence-electron chi connectivity index (χ0n) is 8.90. The lowest BCUT2D eigenvalue weighted by atomic mass is 10.1. The molecule has 0 heterocycles. The van der Waals surface area contributed by atoms with Crippen molar-refractivity contribution in [2.75, 3.05) is 0 Å². The minimum atomic E-state index is -0.555. The van der Waals surface area contributed by atoms with Crippen LogP contribution in [-0.4, -0.2) is 5.91 Å². The molecule has 3 heteroatoms. The topological polar surface area (TPSA) is 46.5 Å². The largest absolute Gasteiger partial charge is 0.286 e. The van der Waals surface area contributed by atoms with E-state index in [1.807, 2.05) is 0 Å². The molecular formula is C12H15NO2. The van der Waals surface area contributed by atoms with Crippen LogP contribution in [0.15, 0.2) is 29.4 Å². The first-order valence-corrected chi connectivity index (χ1v) is 5.20. The Morgan fingerprint density at radius 2 is 1.80 bits per heavy atom. The molecule has 0 aliphatic rings. The lowest BCUT2D eigenvalue weighted by Crippen LogP contribution is -1.94. The molecule has 0 aliphatic heterocycles. The summed E-state index contributed by atoms with van der Waals surface area (Å²) in [6, 6.07) is 8.32. The van der Waals surface area contributed by atoms with E-state index in [9.17, 15) is 9.70 Å². The number of hydrogen-bond acceptors (Lipinski definition) is 2. The number of amides is 1. The van der Waals surface area contributed by atoms with Gasteiger partial charge in [0, 0.05) is 11.6 Å². The third-order valence-electron chi connectivity index (χ3n) is 2.39. The molecule has 80 valence electrons. The van der Waals surface area contributed by atoms with Crippen molar-refractivity contribution in [1.82, 2.24) is 0 Å². The van der Waals surface area contributed by atoms with Crippen LogP contribution in [0.2, 0.25) is 0 Å². The van der Waals surface area contributed by atoms with Crippen LogP contribution in [0.3, 0.4) is 0 Å². The standard InChI is InChI=1S/C12H15NO2/c1-2-10-6-8-11(9-7-10)4-3-5-12(14)13-15/h6-9H,2-5H2,1H3. The molecule has 0 N–H and O–H groups in total. The van der Waals surface area contributed by atoms with Gasteiger partial charge in [0.15, 0.2) is 0 Å². The van der Waals surface area contributed by atoms with Crippen molar-refractivity contribution < 1.29 is 4.79 Å². The minimum absolute atomic E-state index is 0.249. The zero-order chi connectivity index (χ0) is 11.1. The molecule has 0 saturated carbocycles. The van der Waals surface area contributed by atoms with Crippen LogP contribution < -0.4 is 0 Å². The second kappa shape index (κ2) is 6.06. The molecule has 1 amide bonds. The highest BCUT2D eigenvalue weighted by Crippen LogP contribution is 2.08. The number of carbonyl (C=O) groups is 1. The van der Waals surface area contributed by atoms with E-state index in [0.29, 0.717) is 6.42 Å². The molecule has 15 heavy (non-hydrogen) atoms. The molecule has 1 aromatic rings. The molecule has 0 fully saturated rings. The third kappa shape index (κ3) is 4.02. The van der Waals surface area contributed by atoms with E-state index in [0.717, 1.165) is 12.8 Å². The highest BCUT2D eigenvalue weighted by molar-refractivity contribution is 5.76. The van der Waals surface area contributed by atoms with Crippen molar-refractivity contribution in [2.24, 2.45) is 5.18 Å². The molecular weight excluding hydrogens is 190 g/mol. The molecule has 0 radical (unpaired) electrons. The number of hydrogen-bond donors (Lipinski definition) is 0. The summed E-state index contributed by atoms with van der Waals surface area (Å²) >= 11 is 0. The maximum atomic E-state index is 10.6. The van der Waals surface area contributed by atoms with Crippen LogP contribution in [0.1, 0.15) is 30.9 Å². The molecule has 0 aliphatic carbocycles. The summed E-state index contributed by atoms with van der Waals surface area (Å²) in [5.41, 5.74) is 2.51. The van der Waals surface area contributed by atoms with Crippen LogP contribution in [0.4, 0.5) is 0 Å². The summed E-state index contributed by atoms with van der Waals surface area (Å²) in [5.74, 6) is -0.555. The van der Waals surface area contributed by atoms with Crippen molar-refractivity contribution in [3.63, 3.8) is 0 Å². The van der Waals surface area contributed by atoms with E-state index < -0.39 is 5.91 Å². The molecule has 0 spiro atoms. The van der Waals surface area contributed by atoms with Crippen molar-refractivity contribution in [1.29, 1.82) is 0 Å². The van der Waals surface area contributed by atoms with Gasteiger partial charge in [-0.2, -0.15) is 0 Å². The SMILES string of the molecule is CCc1ccc(CCCC(=O)N=O)cc1. The smallest absolute Gasteiger partial charge is 0.269 e. The van der Waals surface area contributed by atoms with E-state index >= 15 is 0 Å². The van der Waals surface area contributed by atoms with Crippen LogP contribution >= 0.6 is 0 Å². The Morgan fingerprint density at radius 3 is 2.33 bits per heavy atom. The first kappa shape index (κ1) is 11.6. The van der Waals surface area contributed by atoms with Gasteiger partial charge in [-0.1, -0.05) is 31.2 Å². The number of benzene rings is 1. The second-order valence-electron chi connectivity index (χ2n) is 3.51. The van der Waals surface area contributed by atoms with Crippen LogP contribution in [-0.2, 0) is 17.6 Å². The maximum Gasteiger partial charge on any atom is 0.286 e. The summed E-state index contributed by atoms with van der Waals surface area (Å²) in [7, 11) is 0. The van der Waals surface area contributed by atoms with Gasteiger partial charge < -0.3 is 0 Å². The Morgan fingerprint density at radius 1 is 1.20 bits per heavy atom. The molecule has 0 atom stereocenters. The summed E-state index contributed by atoms with van der Waals surface area (Å²) in [6.45, 7) is 2.11. The van der Waals surface area contributed by atoms with Crippen LogP contribution in [0.5, 0.6) is 0 Å². The molecule has 0 unspecified atom stereocenters. The van der Waals surface area contributed by atoms with Crippen molar-refractivity contribution in [3.05, 3.63) is 40.3 Å². The van der Waals surface area contributed by atoms with Gasteiger partial charge in [0.2, 0.25) is 0 Å². The van der Waals surface area contributed by atoms with E-state index in [2.05, 4.69) is 36.4 Å². The Hall–Kier alpha value is -1.51. The van der Waals surface area contributed by atoms with Gasteiger partial charge in [0.25, 0.3) is 5.91 Å². The average molecular weight is 205 g/mol. The average Bonchev–Trinajstić information content (AvgIpc) is 2.29. The Balaban J connectivity index is 2.37. The molecule has 0 saturated heterocycles. The Labute approximate surface area is 89.5 Å². The Bertz CT molecular complexity index is 330. The Kier molecular flexibility index (Phi) is 4.68. The monoisotopic (exact) mass is 205 g/mol. The van der Waals surface area contributed by atoms with Crippen molar-refractivity contribution >= 4 is 5.91 Å². The second-order valence-corrected chi connectivity index (χ2v) is 3.51. The highest BCUT2D eigenvalue weighted by atomic mass is 16.3. The molecule has 1 rings (SSSR count). The maximum absolute atomic E-state index is 10.6. The molecule has 0 bridgehead atoms. The molecule has 3 nitrogen and oxygen atoms in total. The fourth-order valence-electron chi connectivity index (χ4n) is 1.43. The van der Waals surface area contributed by atoms with Crippen LogP contribution in [0, 0.1) is 4.91 Å². The highest BCUT2D eigenvalue weighted by Gasteiger charge is 2.00. The lowest BCUT2D eigenvalue weighted by Gasteiger charge is -2.01. The van der Waals surface area contributed by atoms with E-state index in [-0.39, 0.29) is 6.42 Å². The number of nitroso groups, excluding NO2 is 1. The van der Waals surface area contributed by atoms with Gasteiger partial charge in [0.1, 0.15) is 0 Å². The number of rotatable bonds is 5. The lowest BCUT2D eigenvalue weighted by molar-refractivity contribution is -0.118. The summed E-state index contributed by atoms with van der Waals surface area (Å²) in [4.78, 5) is 20.5. The van der Waals surface area contributed by atoms with Gasteiger partial charge >= 0.3 is 0 Å². The predicted molar refractivity (Wildman–Crippen MR) is 59.6 cm³/mol. The summed E-state index contributed by atoms with van der Waals surface area (Å²) in [5, 5.41) is 2.36. The normalized spacial score (nSPS) is 9.93. The number of nitrogens with zero attached hydrogens (tertiary/aromatic N) is 1. The first-order valence-electron chi connectivity index (χ1n) is 5.20. The van der Waals surface area contributed by atoms with E-state index in [1.165, 1.54) is 11.1 Å². The number of carbonyl (C=O) groups excluding carboxylic acids is 1. The number of aryl methyl sites for hydroxylation is 2. The molecule has 0 aromatic heterocycles. The summed E-state index contributed by atoms with van der Waals surface area (Å²) in [6.07, 6.45) is 2.80. The molecule has 1 aromatic carbocycles. The van der Waals surface area contributed by atoms with E-state index in [4.69, 9.17) is 0 Å². The van der Waals surface area contributed by atoms with Crippen LogP contribution in [0.25, 0.3) is 0 Å². The third-order valence-corrected chi connectivity index (χ3v) is 2.39. The van der Waals surface area contributed by atoms with Crippen molar-refractivity contribution in [2.45, 2.75) is 32.6 Å². The van der Waals surface area contributed by atoms with Gasteiger partial charge in [-0.25, -0.2) is 0 Å². The summed E-state index contributed by atoms with van der Waals surface area (Å²) < 4.78 is 0. The predicted octanol–water partition coefficient (Wildman–Crippen LogP) is 2.86. The van der Waals surface area contributed by atoms with Gasteiger partial charge in [-0.3, -0.25) is 4.79 Å². The van der Waals surface area contributed by atoms with Gasteiger partial charge in [0.05, 0.1) is 0 Å². The quantitative estimate of drug-likeness (QED) is 0.694. The van der Waals surface area contributed by atoms with Gasteiger partial charge in [-0.05, 0) is 30.4 Å². The minimum Gasteiger partial charge on any atom is -0.269 e.